The Morgan fingerprint density at radius 1 is 1.08 bits per heavy atom. The van der Waals surface area contributed by atoms with Crippen LogP contribution in [0.2, 0.25) is 0 Å². The quantitative estimate of drug-likeness (QED) is 0.271. The van der Waals surface area contributed by atoms with Gasteiger partial charge in [-0.1, -0.05) is 36.4 Å². The summed E-state index contributed by atoms with van der Waals surface area (Å²) >= 11 is 1.39. The summed E-state index contributed by atoms with van der Waals surface area (Å²) in [5.74, 6) is -3.10. The van der Waals surface area contributed by atoms with E-state index in [1.807, 2.05) is 6.07 Å². The zero-order chi connectivity index (χ0) is 34.5. The predicted octanol–water partition coefficient (Wildman–Crippen LogP) is 6.10. The molecule has 7 atom stereocenters. The van der Waals surface area contributed by atoms with E-state index in [0.717, 1.165) is 9.79 Å². The number of halogens is 1. The van der Waals surface area contributed by atoms with Gasteiger partial charge in [0.05, 0.1) is 11.7 Å². The maximum absolute atomic E-state index is 17.6. The Hall–Kier alpha value is -4.27. The van der Waals surface area contributed by atoms with Crippen molar-refractivity contribution in [3.05, 3.63) is 77.9 Å². The lowest BCUT2D eigenvalue weighted by atomic mass is 9.45. The fourth-order valence-corrected chi connectivity index (χ4v) is 9.60. The molecule has 2 aromatic carbocycles. The molecule has 3 saturated carbocycles. The number of alkyl halides is 1. The van der Waals surface area contributed by atoms with Crippen molar-refractivity contribution in [3.63, 3.8) is 0 Å². The Labute approximate surface area is 282 Å². The van der Waals surface area contributed by atoms with Gasteiger partial charge in [-0.2, -0.15) is 5.26 Å². The maximum Gasteiger partial charge on any atom is 0.352 e. The van der Waals surface area contributed by atoms with E-state index in [2.05, 4.69) is 0 Å². The number of carbonyl (C=O) groups excluding carboxylic acids is 4. The highest BCUT2D eigenvalue weighted by Gasteiger charge is 2.76. The molecular weight excluding hydrogens is 637 g/mol. The van der Waals surface area contributed by atoms with Crippen molar-refractivity contribution >= 4 is 35.5 Å². The first-order valence-corrected chi connectivity index (χ1v) is 16.7. The van der Waals surface area contributed by atoms with Crippen molar-refractivity contribution in [3.8, 4) is 11.8 Å². The van der Waals surface area contributed by atoms with Crippen LogP contribution in [0.15, 0.2) is 82.1 Å². The topological polar surface area (TPSA) is 140 Å². The van der Waals surface area contributed by atoms with Crippen molar-refractivity contribution < 1.29 is 42.9 Å². The van der Waals surface area contributed by atoms with Crippen LogP contribution in [0.5, 0.6) is 5.75 Å². The number of fused-ring (bicyclic) bond motifs is 5. The second-order valence-electron chi connectivity index (χ2n) is 13.4. The zero-order valence-corrected chi connectivity index (χ0v) is 27.7. The largest absolute Gasteiger partial charge is 0.447 e. The summed E-state index contributed by atoms with van der Waals surface area (Å²) < 4.78 is 34.2. The van der Waals surface area contributed by atoms with E-state index in [0.29, 0.717) is 30.6 Å². The third-order valence-corrected chi connectivity index (χ3v) is 12.0. The summed E-state index contributed by atoms with van der Waals surface area (Å²) in [6.45, 7) is 4.21. The average molecular weight is 674 g/mol. The molecule has 11 heteroatoms. The number of ketones is 1. The lowest BCUT2D eigenvalue weighted by Gasteiger charge is -2.62. The number of hydrogen-bond donors (Lipinski definition) is 1. The number of ether oxygens (including phenoxy) is 3. The van der Waals surface area contributed by atoms with Gasteiger partial charge < -0.3 is 19.3 Å². The van der Waals surface area contributed by atoms with Crippen LogP contribution in [-0.2, 0) is 23.9 Å². The molecule has 3 fully saturated rings. The van der Waals surface area contributed by atoms with E-state index < -0.39 is 64.6 Å². The molecule has 0 bridgehead atoms. The van der Waals surface area contributed by atoms with Crippen molar-refractivity contribution in [2.75, 3.05) is 6.61 Å². The Morgan fingerprint density at radius 2 is 1.83 bits per heavy atom. The van der Waals surface area contributed by atoms with Gasteiger partial charge in [0.2, 0.25) is 5.60 Å². The molecule has 6 rings (SSSR count). The Balaban J connectivity index is 1.28. The molecule has 2 aromatic rings. The van der Waals surface area contributed by atoms with Crippen molar-refractivity contribution in [2.45, 2.75) is 80.0 Å². The molecule has 4 aliphatic carbocycles. The van der Waals surface area contributed by atoms with E-state index in [1.165, 1.54) is 30.8 Å². The molecule has 0 aliphatic heterocycles. The van der Waals surface area contributed by atoms with Gasteiger partial charge >= 0.3 is 17.9 Å². The zero-order valence-electron chi connectivity index (χ0n) is 26.9. The molecule has 1 unspecified atom stereocenters. The molecular formula is C37H36FNO8S. The average Bonchev–Trinajstić information content (AvgIpc) is 3.33. The molecule has 48 heavy (non-hydrogen) atoms. The van der Waals surface area contributed by atoms with Gasteiger partial charge in [-0.15, -0.1) is 0 Å². The van der Waals surface area contributed by atoms with E-state index in [4.69, 9.17) is 14.2 Å². The molecule has 0 radical (unpaired) electrons. The standard InChI is InChI=1S/C37H36FNO8S/c1-22(40)46-26-5-4-6-28(20-26)48-27-10-7-23(8-11-27)32(43)47-36(33(44)45-18-17-39)16-14-29-30-12-9-24-19-25(41)13-15-34(24,2)37(30,38)31(42)21-35(29,36)3/h4-8,10-11,13,15,19-20,29-31,42H,9,12,14,16,18,21H2,1-3H3/t29-,30-,31-,34-,35-,36+,37?/m0/s1. The first-order valence-electron chi connectivity index (χ1n) is 15.9. The molecule has 9 nitrogen and oxygen atoms in total. The number of carbonyl (C=O) groups is 4. The summed E-state index contributed by atoms with van der Waals surface area (Å²) in [5, 5.41) is 20.9. The van der Waals surface area contributed by atoms with Crippen molar-refractivity contribution in [2.24, 2.45) is 22.7 Å². The lowest BCUT2D eigenvalue weighted by molar-refractivity contribution is -0.224. The number of rotatable bonds is 7. The molecule has 4 aliphatic rings. The fourth-order valence-electron chi connectivity index (χ4n) is 8.74. The first kappa shape index (κ1) is 33.6. The highest BCUT2D eigenvalue weighted by molar-refractivity contribution is 7.99. The minimum absolute atomic E-state index is 0.0316. The number of nitriles is 1. The number of benzene rings is 2. The predicted molar refractivity (Wildman–Crippen MR) is 171 cm³/mol. The number of nitrogens with zero attached hydrogens (tertiary/aromatic N) is 1. The van der Waals surface area contributed by atoms with Gasteiger partial charge in [-0.3, -0.25) is 9.59 Å². The Bertz CT molecular complexity index is 1780. The lowest BCUT2D eigenvalue weighted by Crippen LogP contribution is -2.69. The van der Waals surface area contributed by atoms with Crippen molar-refractivity contribution in [1.82, 2.24) is 0 Å². The summed E-state index contributed by atoms with van der Waals surface area (Å²) in [6, 6.07) is 15.4. The summed E-state index contributed by atoms with van der Waals surface area (Å²) in [4.78, 5) is 52.7. The van der Waals surface area contributed by atoms with Gasteiger partial charge in [-0.05, 0) is 99.6 Å². The SMILES string of the molecule is CC(=O)Oc1cccc(Sc2ccc(C(=O)O[C@@]3(C(=O)OCC#N)CC[C@H]4[C@@H]5CCC6=CC(=O)C=C[C@]6(C)C5(F)[C@@H](O)C[C@@]43C)cc2)c1. The molecule has 250 valence electrons. The van der Waals surface area contributed by atoms with Crippen LogP contribution >= 0.6 is 11.8 Å². The number of aliphatic hydroxyl groups is 1. The van der Waals surface area contributed by atoms with Crippen LogP contribution < -0.4 is 4.74 Å². The van der Waals surface area contributed by atoms with Crippen LogP contribution in [-0.4, -0.2) is 52.8 Å². The second-order valence-corrected chi connectivity index (χ2v) is 14.6. The van der Waals surface area contributed by atoms with Gasteiger partial charge in [0.25, 0.3) is 0 Å². The summed E-state index contributed by atoms with van der Waals surface area (Å²) in [7, 11) is 0. The molecule has 0 aromatic heterocycles. The summed E-state index contributed by atoms with van der Waals surface area (Å²) in [5.41, 5.74) is -5.63. The molecule has 0 heterocycles. The molecule has 0 spiro atoms. The maximum atomic E-state index is 17.6. The second kappa shape index (κ2) is 12.3. The van der Waals surface area contributed by atoms with E-state index in [9.17, 15) is 29.5 Å². The molecule has 0 saturated heterocycles. The van der Waals surface area contributed by atoms with Gasteiger partial charge in [-0.25, -0.2) is 14.0 Å². The monoisotopic (exact) mass is 673 g/mol. The fraction of sp³-hybridized carbons (Fsp3) is 0.432. The van der Waals surface area contributed by atoms with Crippen LogP contribution in [0.3, 0.4) is 0 Å². The van der Waals surface area contributed by atoms with Gasteiger partial charge in [0.15, 0.2) is 18.1 Å². The smallest absolute Gasteiger partial charge is 0.352 e. The molecule has 1 N–H and O–H groups in total. The van der Waals surface area contributed by atoms with E-state index >= 15 is 4.39 Å². The third kappa shape index (κ3) is 5.26. The van der Waals surface area contributed by atoms with Crippen LogP contribution in [0.25, 0.3) is 0 Å². The Kier molecular flexibility index (Phi) is 8.63. The number of esters is 3. The third-order valence-electron chi connectivity index (χ3n) is 11.0. The normalized spacial score (nSPS) is 33.3. The minimum atomic E-state index is -2.12. The number of aliphatic hydroxyl groups excluding tert-OH is 1. The van der Waals surface area contributed by atoms with Gasteiger partial charge in [0, 0.05) is 33.5 Å². The number of allylic oxidation sites excluding steroid dienone is 4. The van der Waals surface area contributed by atoms with Crippen molar-refractivity contribution in [1.29, 1.82) is 5.26 Å². The number of hydrogen-bond acceptors (Lipinski definition) is 10. The Morgan fingerprint density at radius 3 is 2.54 bits per heavy atom. The van der Waals surface area contributed by atoms with Crippen LogP contribution in [0.1, 0.15) is 63.2 Å². The first-order chi connectivity index (χ1) is 22.8. The summed E-state index contributed by atoms with van der Waals surface area (Å²) in [6.07, 6.45) is 3.77. The molecule has 0 amide bonds. The van der Waals surface area contributed by atoms with E-state index in [-0.39, 0.29) is 24.2 Å². The van der Waals surface area contributed by atoms with Crippen LogP contribution in [0.4, 0.5) is 4.39 Å². The van der Waals surface area contributed by atoms with Gasteiger partial charge in [0.1, 0.15) is 11.8 Å². The minimum Gasteiger partial charge on any atom is -0.447 e. The highest BCUT2D eigenvalue weighted by atomic mass is 32.2. The van der Waals surface area contributed by atoms with E-state index in [1.54, 1.807) is 68.5 Å². The highest BCUT2D eigenvalue weighted by Crippen LogP contribution is 2.70. The van der Waals surface area contributed by atoms with Crippen LogP contribution in [0, 0.1) is 34.0 Å².